The normalized spacial score (nSPS) is 28.9. The predicted molar refractivity (Wildman–Crippen MR) is 86.5 cm³/mol. The first-order valence-corrected chi connectivity index (χ1v) is 7.65. The SMILES string of the molecule is CCC(CC)[C@H](NC(C)=O)[C@@H]1[C@H](O)[C@@H](C(=O)OC)C[C@H]1N.Cl. The number of nitrogens with two attached hydrogens (primary N) is 1. The molecule has 1 saturated carbocycles. The highest BCUT2D eigenvalue weighted by atomic mass is 35.5. The van der Waals surface area contributed by atoms with E-state index in [4.69, 9.17) is 10.5 Å². The molecule has 130 valence electrons. The Morgan fingerprint density at radius 3 is 2.32 bits per heavy atom. The van der Waals surface area contributed by atoms with E-state index in [2.05, 4.69) is 5.32 Å². The zero-order valence-corrected chi connectivity index (χ0v) is 14.6. The first-order valence-electron chi connectivity index (χ1n) is 7.65. The molecule has 0 spiro atoms. The molecule has 0 aromatic carbocycles. The minimum absolute atomic E-state index is 0. The molecule has 0 unspecified atom stereocenters. The molecule has 1 amide bonds. The molecule has 0 aliphatic heterocycles. The van der Waals surface area contributed by atoms with Crippen LogP contribution in [-0.2, 0) is 14.3 Å². The number of amides is 1. The van der Waals surface area contributed by atoms with Crippen LogP contribution in [0.1, 0.15) is 40.0 Å². The van der Waals surface area contributed by atoms with Crippen molar-refractivity contribution >= 4 is 24.3 Å². The van der Waals surface area contributed by atoms with Gasteiger partial charge in [0.2, 0.25) is 5.91 Å². The zero-order chi connectivity index (χ0) is 16.2. The fourth-order valence-corrected chi connectivity index (χ4v) is 3.54. The van der Waals surface area contributed by atoms with Gasteiger partial charge in [0, 0.05) is 24.9 Å². The molecule has 1 aliphatic rings. The molecule has 1 fully saturated rings. The molecule has 6 nitrogen and oxygen atoms in total. The summed E-state index contributed by atoms with van der Waals surface area (Å²) in [7, 11) is 1.31. The van der Waals surface area contributed by atoms with Gasteiger partial charge in [0.05, 0.1) is 19.1 Å². The van der Waals surface area contributed by atoms with Crippen LogP contribution in [0.15, 0.2) is 0 Å². The van der Waals surface area contributed by atoms with E-state index in [9.17, 15) is 14.7 Å². The Balaban J connectivity index is 0.00000441. The van der Waals surface area contributed by atoms with Crippen molar-refractivity contribution in [1.29, 1.82) is 0 Å². The van der Waals surface area contributed by atoms with E-state index in [0.29, 0.717) is 6.42 Å². The van der Waals surface area contributed by atoms with Crippen LogP contribution in [0, 0.1) is 17.8 Å². The van der Waals surface area contributed by atoms with Crippen molar-refractivity contribution in [2.75, 3.05) is 7.11 Å². The highest BCUT2D eigenvalue weighted by molar-refractivity contribution is 5.85. The van der Waals surface area contributed by atoms with Crippen molar-refractivity contribution < 1.29 is 19.4 Å². The lowest BCUT2D eigenvalue weighted by Gasteiger charge is -2.35. The standard InChI is InChI=1S/C15H28N2O4.ClH/c1-5-9(6-2)13(17-8(3)18)12-11(16)7-10(14(12)19)15(20)21-4;/h9-14,19H,5-7,16H2,1-4H3,(H,17,18);1H/t10-,11+,12+,13-,14+;/m0./s1. The van der Waals surface area contributed by atoms with Crippen LogP contribution in [-0.4, -0.2) is 42.3 Å². The molecule has 0 aromatic rings. The summed E-state index contributed by atoms with van der Waals surface area (Å²) >= 11 is 0. The first-order chi connectivity index (χ1) is 9.87. The molecule has 0 saturated heterocycles. The number of ether oxygens (including phenoxy) is 1. The molecular weight excluding hydrogens is 308 g/mol. The highest BCUT2D eigenvalue weighted by Gasteiger charge is 2.49. The molecule has 0 bridgehead atoms. The van der Waals surface area contributed by atoms with Gasteiger partial charge in [-0.15, -0.1) is 12.4 Å². The van der Waals surface area contributed by atoms with Crippen LogP contribution in [0.5, 0.6) is 0 Å². The molecular formula is C15H29ClN2O4. The second-order valence-corrected chi connectivity index (χ2v) is 5.90. The van der Waals surface area contributed by atoms with Crippen molar-refractivity contribution in [3.8, 4) is 0 Å². The van der Waals surface area contributed by atoms with Crippen LogP contribution in [0.3, 0.4) is 0 Å². The van der Waals surface area contributed by atoms with Gasteiger partial charge in [-0.3, -0.25) is 9.59 Å². The van der Waals surface area contributed by atoms with Crippen LogP contribution in [0.25, 0.3) is 0 Å². The van der Waals surface area contributed by atoms with Gasteiger partial charge in [-0.2, -0.15) is 0 Å². The lowest BCUT2D eigenvalue weighted by molar-refractivity contribution is -0.149. The van der Waals surface area contributed by atoms with Gasteiger partial charge in [-0.25, -0.2) is 0 Å². The molecule has 7 heteroatoms. The number of aliphatic hydroxyl groups excluding tert-OH is 1. The number of carbonyl (C=O) groups excluding carboxylic acids is 2. The Labute approximate surface area is 138 Å². The molecule has 4 N–H and O–H groups in total. The van der Waals surface area contributed by atoms with Gasteiger partial charge in [0.15, 0.2) is 0 Å². The van der Waals surface area contributed by atoms with Crippen molar-refractivity contribution in [1.82, 2.24) is 5.32 Å². The van der Waals surface area contributed by atoms with Crippen molar-refractivity contribution in [3.63, 3.8) is 0 Å². The monoisotopic (exact) mass is 336 g/mol. The second kappa shape index (κ2) is 9.33. The van der Waals surface area contributed by atoms with E-state index in [-0.39, 0.29) is 42.2 Å². The summed E-state index contributed by atoms with van der Waals surface area (Å²) < 4.78 is 4.73. The van der Waals surface area contributed by atoms with Gasteiger partial charge in [0.1, 0.15) is 0 Å². The molecule has 5 atom stereocenters. The predicted octanol–water partition coefficient (Wildman–Crippen LogP) is 0.846. The summed E-state index contributed by atoms with van der Waals surface area (Å²) in [4.78, 5) is 23.3. The van der Waals surface area contributed by atoms with Crippen LogP contribution in [0.2, 0.25) is 0 Å². The van der Waals surface area contributed by atoms with Gasteiger partial charge in [0.25, 0.3) is 0 Å². The maximum absolute atomic E-state index is 11.7. The summed E-state index contributed by atoms with van der Waals surface area (Å²) in [5.74, 6) is -1.31. The van der Waals surface area contributed by atoms with Crippen molar-refractivity contribution in [3.05, 3.63) is 0 Å². The minimum atomic E-state index is -0.884. The summed E-state index contributed by atoms with van der Waals surface area (Å²) in [5, 5.41) is 13.4. The number of nitrogens with one attached hydrogen (secondary N) is 1. The number of hydrogen-bond acceptors (Lipinski definition) is 5. The zero-order valence-electron chi connectivity index (χ0n) is 13.7. The van der Waals surface area contributed by atoms with E-state index in [1.807, 2.05) is 13.8 Å². The third-order valence-electron chi connectivity index (χ3n) is 4.67. The fourth-order valence-electron chi connectivity index (χ4n) is 3.54. The van der Waals surface area contributed by atoms with Crippen molar-refractivity contribution in [2.45, 2.75) is 58.2 Å². The van der Waals surface area contributed by atoms with Gasteiger partial charge >= 0.3 is 5.97 Å². The summed E-state index contributed by atoms with van der Waals surface area (Å²) in [5.41, 5.74) is 6.16. The van der Waals surface area contributed by atoms with Gasteiger partial charge in [-0.05, 0) is 12.3 Å². The number of aliphatic hydroxyl groups is 1. The number of rotatable bonds is 6. The maximum Gasteiger partial charge on any atom is 0.311 e. The Bertz CT molecular complexity index is 377. The van der Waals surface area contributed by atoms with Gasteiger partial charge in [-0.1, -0.05) is 26.7 Å². The van der Waals surface area contributed by atoms with Crippen LogP contribution in [0.4, 0.5) is 0 Å². The van der Waals surface area contributed by atoms with E-state index < -0.39 is 18.0 Å². The molecule has 1 aliphatic carbocycles. The average Bonchev–Trinajstić information content (AvgIpc) is 2.73. The molecule has 0 aromatic heterocycles. The summed E-state index contributed by atoms with van der Waals surface area (Å²) in [6.45, 7) is 5.56. The quantitative estimate of drug-likeness (QED) is 0.624. The first kappa shape index (κ1) is 21.1. The largest absolute Gasteiger partial charge is 0.469 e. The number of esters is 1. The van der Waals surface area contributed by atoms with E-state index in [1.54, 1.807) is 0 Å². The smallest absolute Gasteiger partial charge is 0.311 e. The Kier molecular flexibility index (Phi) is 8.96. The van der Waals surface area contributed by atoms with Crippen LogP contribution >= 0.6 is 12.4 Å². The van der Waals surface area contributed by atoms with E-state index in [1.165, 1.54) is 14.0 Å². The molecule has 0 heterocycles. The second-order valence-electron chi connectivity index (χ2n) is 5.90. The Morgan fingerprint density at radius 1 is 1.36 bits per heavy atom. The Hall–Kier alpha value is -0.850. The summed E-state index contributed by atoms with van der Waals surface area (Å²) in [6.07, 6.45) is 1.25. The Morgan fingerprint density at radius 2 is 1.91 bits per heavy atom. The molecule has 22 heavy (non-hydrogen) atoms. The van der Waals surface area contributed by atoms with Gasteiger partial charge < -0.3 is 20.9 Å². The van der Waals surface area contributed by atoms with E-state index in [0.717, 1.165) is 12.8 Å². The number of methoxy groups -OCH3 is 1. The average molecular weight is 337 g/mol. The van der Waals surface area contributed by atoms with Crippen molar-refractivity contribution in [2.24, 2.45) is 23.5 Å². The number of hydrogen-bond donors (Lipinski definition) is 3. The number of halogens is 1. The minimum Gasteiger partial charge on any atom is -0.469 e. The maximum atomic E-state index is 11.7. The topological polar surface area (TPSA) is 102 Å². The van der Waals surface area contributed by atoms with Crippen LogP contribution < -0.4 is 11.1 Å². The molecule has 1 rings (SSSR count). The molecule has 0 radical (unpaired) electrons. The highest BCUT2D eigenvalue weighted by Crippen LogP contribution is 2.37. The fraction of sp³-hybridized carbons (Fsp3) is 0.867. The lowest BCUT2D eigenvalue weighted by Crippen LogP contribution is -2.52. The number of carbonyl (C=O) groups is 2. The summed E-state index contributed by atoms with van der Waals surface area (Å²) in [6, 6.07) is -0.557. The lowest BCUT2D eigenvalue weighted by atomic mass is 9.80. The van der Waals surface area contributed by atoms with E-state index >= 15 is 0 Å². The third kappa shape index (κ3) is 4.57. The third-order valence-corrected chi connectivity index (χ3v) is 4.67.